The molecular weight excluding hydrogens is 544 g/mol. The Labute approximate surface area is 267 Å². The summed E-state index contributed by atoms with van der Waals surface area (Å²) in [6.45, 7) is 10.7. The standard InChI is InChI=1S/C43H38N2/c1-7-8-11-39-34(6)42(44(35-22-14-30(2)15-23-35)36-24-16-31(3)17-25-36)40-12-9-10-13-41(40)43(39)45(37-26-18-32(4)19-27-37)38-28-20-33(5)21-29-38/h1,8-29H,2-6H3/b11-8-. The highest BCUT2D eigenvalue weighted by atomic mass is 15.2. The van der Waals surface area contributed by atoms with Crippen molar-refractivity contribution in [1.29, 1.82) is 0 Å². The lowest BCUT2D eigenvalue weighted by molar-refractivity contribution is 1.23. The molecule has 0 N–H and O–H groups in total. The maximum atomic E-state index is 5.87. The Bertz CT molecular complexity index is 1930. The van der Waals surface area contributed by atoms with Crippen LogP contribution in [0, 0.1) is 47.0 Å². The van der Waals surface area contributed by atoms with E-state index in [1.807, 2.05) is 6.08 Å². The Morgan fingerprint density at radius 1 is 0.467 bits per heavy atom. The number of nitrogens with zero attached hydrogens (tertiary/aromatic N) is 2. The van der Waals surface area contributed by atoms with Crippen LogP contribution in [0.15, 0.2) is 127 Å². The zero-order valence-corrected chi connectivity index (χ0v) is 26.7. The molecule has 0 aliphatic heterocycles. The highest BCUT2D eigenvalue weighted by Crippen LogP contribution is 2.50. The quantitative estimate of drug-likeness (QED) is 0.173. The third-order valence-corrected chi connectivity index (χ3v) is 8.41. The minimum Gasteiger partial charge on any atom is -0.310 e. The molecule has 0 heterocycles. The molecular formula is C43H38N2. The summed E-state index contributed by atoms with van der Waals surface area (Å²) < 4.78 is 0. The first-order valence-corrected chi connectivity index (χ1v) is 15.4. The predicted octanol–water partition coefficient (Wildman–Crippen LogP) is 12.0. The molecule has 0 bridgehead atoms. The number of fused-ring (bicyclic) bond motifs is 1. The van der Waals surface area contributed by atoms with Gasteiger partial charge in [-0.25, -0.2) is 0 Å². The molecule has 6 aromatic carbocycles. The first kappa shape index (κ1) is 29.5. The molecule has 0 atom stereocenters. The molecule has 0 aliphatic carbocycles. The molecule has 220 valence electrons. The Balaban J connectivity index is 1.74. The summed E-state index contributed by atoms with van der Waals surface area (Å²) in [6, 6.07) is 43.8. The van der Waals surface area contributed by atoms with Crippen LogP contribution in [0.3, 0.4) is 0 Å². The third-order valence-electron chi connectivity index (χ3n) is 8.41. The smallest absolute Gasteiger partial charge is 0.0616 e. The molecule has 0 aliphatic rings. The van der Waals surface area contributed by atoms with Gasteiger partial charge in [0.15, 0.2) is 0 Å². The van der Waals surface area contributed by atoms with Gasteiger partial charge in [0, 0.05) is 39.1 Å². The Kier molecular flexibility index (Phi) is 8.28. The van der Waals surface area contributed by atoms with Crippen LogP contribution >= 0.6 is 0 Å². The van der Waals surface area contributed by atoms with E-state index in [4.69, 9.17) is 6.42 Å². The zero-order valence-electron chi connectivity index (χ0n) is 26.7. The lowest BCUT2D eigenvalue weighted by Gasteiger charge is -2.34. The van der Waals surface area contributed by atoms with E-state index < -0.39 is 0 Å². The fourth-order valence-corrected chi connectivity index (χ4v) is 6.00. The number of benzene rings is 6. The lowest BCUT2D eigenvalue weighted by Crippen LogP contribution is -2.16. The number of terminal acetylenes is 1. The van der Waals surface area contributed by atoms with Gasteiger partial charge in [0.05, 0.1) is 11.4 Å². The number of rotatable bonds is 7. The van der Waals surface area contributed by atoms with Gasteiger partial charge in [-0.2, -0.15) is 0 Å². The Morgan fingerprint density at radius 3 is 1.16 bits per heavy atom. The van der Waals surface area contributed by atoms with Gasteiger partial charge in [-0.05, 0) is 101 Å². The summed E-state index contributed by atoms with van der Waals surface area (Å²) in [5.74, 6) is 2.76. The highest BCUT2D eigenvalue weighted by Gasteiger charge is 2.26. The number of anilines is 6. The minimum absolute atomic E-state index is 1.08. The number of allylic oxidation sites excluding steroid dienone is 1. The third kappa shape index (κ3) is 5.86. The van der Waals surface area contributed by atoms with E-state index in [0.717, 1.165) is 56.0 Å². The van der Waals surface area contributed by atoms with Gasteiger partial charge in [0.25, 0.3) is 0 Å². The molecule has 0 aromatic heterocycles. The van der Waals surface area contributed by atoms with Crippen molar-refractivity contribution in [3.63, 3.8) is 0 Å². The van der Waals surface area contributed by atoms with Gasteiger partial charge in [0.1, 0.15) is 0 Å². The SMILES string of the molecule is C#C/C=C\c1c(C)c(N(c2ccc(C)cc2)c2ccc(C)cc2)c2ccccc2c1N(c1ccc(C)cc1)c1ccc(C)cc1. The number of hydrogen-bond acceptors (Lipinski definition) is 2. The van der Waals surface area contributed by atoms with Crippen LogP contribution in [0.1, 0.15) is 33.4 Å². The monoisotopic (exact) mass is 582 g/mol. The van der Waals surface area contributed by atoms with Crippen molar-refractivity contribution in [3.05, 3.63) is 161 Å². The summed E-state index contributed by atoms with van der Waals surface area (Å²) in [7, 11) is 0. The maximum absolute atomic E-state index is 5.87. The average Bonchev–Trinajstić information content (AvgIpc) is 3.05. The molecule has 2 nitrogen and oxygen atoms in total. The van der Waals surface area contributed by atoms with Gasteiger partial charge < -0.3 is 9.80 Å². The van der Waals surface area contributed by atoms with E-state index in [0.29, 0.717) is 0 Å². The van der Waals surface area contributed by atoms with Crippen molar-refractivity contribution >= 4 is 51.0 Å². The molecule has 0 spiro atoms. The van der Waals surface area contributed by atoms with E-state index in [-0.39, 0.29) is 0 Å². The highest BCUT2D eigenvalue weighted by molar-refractivity contribution is 6.12. The first-order chi connectivity index (χ1) is 21.9. The largest absolute Gasteiger partial charge is 0.310 e. The van der Waals surface area contributed by atoms with Crippen LogP contribution in [0.25, 0.3) is 16.8 Å². The minimum atomic E-state index is 1.08. The van der Waals surface area contributed by atoms with Crippen LogP contribution in [0.2, 0.25) is 0 Å². The van der Waals surface area contributed by atoms with E-state index in [2.05, 4.69) is 178 Å². The van der Waals surface area contributed by atoms with Crippen molar-refractivity contribution in [2.75, 3.05) is 9.80 Å². The molecule has 0 radical (unpaired) electrons. The van der Waals surface area contributed by atoms with Crippen molar-refractivity contribution in [3.8, 4) is 12.3 Å². The molecule has 0 saturated heterocycles. The average molecular weight is 583 g/mol. The second kappa shape index (κ2) is 12.6. The van der Waals surface area contributed by atoms with Crippen molar-refractivity contribution < 1.29 is 0 Å². The molecule has 0 amide bonds. The molecule has 0 saturated carbocycles. The lowest BCUT2D eigenvalue weighted by atomic mass is 9.93. The van der Waals surface area contributed by atoms with Crippen LogP contribution in [-0.2, 0) is 0 Å². The normalized spacial score (nSPS) is 11.1. The Hall–Kier alpha value is -5.52. The first-order valence-electron chi connectivity index (χ1n) is 15.4. The topological polar surface area (TPSA) is 6.48 Å². The van der Waals surface area contributed by atoms with E-state index in [1.165, 1.54) is 22.3 Å². The van der Waals surface area contributed by atoms with E-state index in [9.17, 15) is 0 Å². The molecule has 0 unspecified atom stereocenters. The zero-order chi connectivity index (χ0) is 31.5. The molecule has 2 heteroatoms. The van der Waals surface area contributed by atoms with Crippen LogP contribution in [0.5, 0.6) is 0 Å². The molecule has 6 aromatic rings. The summed E-state index contributed by atoms with van der Waals surface area (Å²) in [6.07, 6.45) is 9.78. The second-order valence-corrected chi connectivity index (χ2v) is 11.8. The van der Waals surface area contributed by atoms with Crippen molar-refractivity contribution in [1.82, 2.24) is 0 Å². The molecule has 45 heavy (non-hydrogen) atoms. The number of aryl methyl sites for hydroxylation is 4. The van der Waals surface area contributed by atoms with Crippen LogP contribution in [-0.4, -0.2) is 0 Å². The van der Waals surface area contributed by atoms with Crippen LogP contribution in [0.4, 0.5) is 34.1 Å². The number of hydrogen-bond donors (Lipinski definition) is 0. The fourth-order valence-electron chi connectivity index (χ4n) is 6.00. The van der Waals surface area contributed by atoms with Gasteiger partial charge >= 0.3 is 0 Å². The van der Waals surface area contributed by atoms with Crippen LogP contribution < -0.4 is 9.80 Å². The summed E-state index contributed by atoms with van der Waals surface area (Å²) in [5.41, 5.74) is 13.7. The van der Waals surface area contributed by atoms with Crippen molar-refractivity contribution in [2.45, 2.75) is 34.6 Å². The molecule has 6 rings (SSSR count). The van der Waals surface area contributed by atoms with Gasteiger partial charge in [-0.15, -0.1) is 6.42 Å². The Morgan fingerprint density at radius 2 is 0.800 bits per heavy atom. The summed E-state index contributed by atoms with van der Waals surface area (Å²) >= 11 is 0. The second-order valence-electron chi connectivity index (χ2n) is 11.8. The van der Waals surface area contributed by atoms with Gasteiger partial charge in [-0.1, -0.05) is 101 Å². The maximum Gasteiger partial charge on any atom is 0.0616 e. The van der Waals surface area contributed by atoms with Crippen molar-refractivity contribution in [2.24, 2.45) is 0 Å². The fraction of sp³-hybridized carbons (Fsp3) is 0.116. The summed E-state index contributed by atoms with van der Waals surface area (Å²) in [5, 5.41) is 2.30. The van der Waals surface area contributed by atoms with E-state index in [1.54, 1.807) is 0 Å². The van der Waals surface area contributed by atoms with Gasteiger partial charge in [-0.3, -0.25) is 0 Å². The predicted molar refractivity (Wildman–Crippen MR) is 195 cm³/mol. The van der Waals surface area contributed by atoms with E-state index >= 15 is 0 Å². The summed E-state index contributed by atoms with van der Waals surface area (Å²) in [4.78, 5) is 4.76. The molecule has 0 fully saturated rings. The van der Waals surface area contributed by atoms with Gasteiger partial charge in [0.2, 0.25) is 0 Å².